The lowest BCUT2D eigenvalue weighted by molar-refractivity contribution is 0.0685. The fraction of sp³-hybridized carbons (Fsp3) is 0.167. The summed E-state index contributed by atoms with van der Waals surface area (Å²) in [5.41, 5.74) is -0.927. The van der Waals surface area contributed by atoms with Gasteiger partial charge in [-0.15, -0.1) is 9.19 Å². The third-order valence-electron chi connectivity index (χ3n) is 2.86. The van der Waals surface area contributed by atoms with Gasteiger partial charge in [0.2, 0.25) is 5.69 Å². The van der Waals surface area contributed by atoms with Gasteiger partial charge in [0, 0.05) is 6.42 Å². The monoisotopic (exact) mass is 329 g/mol. The predicted octanol–water partition coefficient (Wildman–Crippen LogP) is 0.371. The fourth-order valence-electron chi connectivity index (χ4n) is 1.84. The molecule has 0 fully saturated rings. The van der Waals surface area contributed by atoms with Gasteiger partial charge in [-0.2, -0.15) is 8.42 Å². The third kappa shape index (κ3) is 3.07. The van der Waals surface area contributed by atoms with Gasteiger partial charge in [0.25, 0.3) is 0 Å². The average Bonchev–Trinajstić information content (AvgIpc) is 2.77. The molecule has 22 heavy (non-hydrogen) atoms. The number of aromatic nitrogens is 2. The molecule has 0 saturated carbocycles. The van der Waals surface area contributed by atoms with Crippen LogP contribution in [0.4, 0.5) is 4.39 Å². The van der Waals surface area contributed by atoms with Crippen molar-refractivity contribution in [3.05, 3.63) is 47.0 Å². The highest BCUT2D eigenvalue weighted by Gasteiger charge is 2.27. The summed E-state index contributed by atoms with van der Waals surface area (Å²) < 4.78 is 42.1. The summed E-state index contributed by atoms with van der Waals surface area (Å²) >= 11 is 0. The molecule has 2 rings (SSSR count). The van der Waals surface area contributed by atoms with Crippen LogP contribution >= 0.6 is 0 Å². The van der Waals surface area contributed by atoms with E-state index >= 15 is 0 Å². The van der Waals surface area contributed by atoms with Gasteiger partial charge < -0.3 is 9.84 Å². The van der Waals surface area contributed by atoms with Crippen molar-refractivity contribution in [2.24, 2.45) is 5.14 Å². The number of carboxylic acid groups (broad SMARTS) is 1. The highest BCUT2D eigenvalue weighted by molar-refractivity contribution is 7.87. The lowest BCUT2D eigenvalue weighted by Crippen LogP contribution is -2.25. The van der Waals surface area contributed by atoms with E-state index < -0.39 is 33.4 Å². The average molecular weight is 329 g/mol. The normalized spacial score (nSPS) is 11.4. The maximum Gasteiger partial charge on any atom is 0.359 e. The van der Waals surface area contributed by atoms with E-state index in [1.807, 2.05) is 0 Å². The van der Waals surface area contributed by atoms with E-state index in [2.05, 4.69) is 5.10 Å². The second kappa shape index (κ2) is 5.73. The zero-order chi connectivity index (χ0) is 16.5. The number of methoxy groups -OCH3 is 1. The summed E-state index contributed by atoms with van der Waals surface area (Å²) in [6, 6.07) is 6.37. The van der Waals surface area contributed by atoms with Gasteiger partial charge in [0.15, 0.2) is 5.82 Å². The molecule has 0 amide bonds. The molecule has 0 unspecified atom stereocenters. The number of carbonyl (C=O) groups is 1. The van der Waals surface area contributed by atoms with Crippen molar-refractivity contribution < 1.29 is 27.4 Å². The first-order chi connectivity index (χ1) is 10.2. The van der Waals surface area contributed by atoms with E-state index in [0.717, 1.165) is 0 Å². The Labute approximate surface area is 125 Å². The Morgan fingerprint density at radius 3 is 2.45 bits per heavy atom. The van der Waals surface area contributed by atoms with Gasteiger partial charge in [-0.05, 0) is 17.7 Å². The van der Waals surface area contributed by atoms with Crippen molar-refractivity contribution in [1.29, 1.82) is 0 Å². The van der Waals surface area contributed by atoms with Crippen molar-refractivity contribution in [2.75, 3.05) is 7.11 Å². The Morgan fingerprint density at radius 2 is 2.00 bits per heavy atom. The number of benzene rings is 1. The van der Waals surface area contributed by atoms with E-state index in [0.29, 0.717) is 11.3 Å². The van der Waals surface area contributed by atoms with Crippen LogP contribution < -0.4 is 9.88 Å². The van der Waals surface area contributed by atoms with Crippen LogP contribution in [0.25, 0.3) is 0 Å². The topological polar surface area (TPSA) is 125 Å². The van der Waals surface area contributed by atoms with Crippen LogP contribution in [0, 0.1) is 5.82 Å². The van der Waals surface area contributed by atoms with Crippen LogP contribution in [-0.4, -0.2) is 35.8 Å². The van der Waals surface area contributed by atoms with Crippen LogP contribution in [0.2, 0.25) is 0 Å². The maximum absolute atomic E-state index is 14.1. The number of hydrogen-bond acceptors (Lipinski definition) is 5. The first kappa shape index (κ1) is 15.9. The number of nitrogens with zero attached hydrogens (tertiary/aromatic N) is 2. The van der Waals surface area contributed by atoms with E-state index in [-0.39, 0.29) is 10.5 Å². The van der Waals surface area contributed by atoms with E-state index in [4.69, 9.17) is 15.0 Å². The van der Waals surface area contributed by atoms with Gasteiger partial charge in [0.05, 0.1) is 12.8 Å². The molecule has 1 aromatic carbocycles. The summed E-state index contributed by atoms with van der Waals surface area (Å²) in [7, 11) is -2.95. The highest BCUT2D eigenvalue weighted by Crippen LogP contribution is 2.20. The Morgan fingerprint density at radius 1 is 1.41 bits per heavy atom. The van der Waals surface area contributed by atoms with Gasteiger partial charge in [-0.25, -0.2) is 14.3 Å². The Bertz CT molecular complexity index is 814. The van der Waals surface area contributed by atoms with E-state index in [1.54, 1.807) is 24.3 Å². The van der Waals surface area contributed by atoms with Gasteiger partial charge in [-0.3, -0.25) is 0 Å². The van der Waals surface area contributed by atoms with Crippen LogP contribution in [0.5, 0.6) is 5.75 Å². The number of ether oxygens (including phenoxy) is 1. The molecule has 0 bridgehead atoms. The SMILES string of the molecule is COc1ccc(Cc2c(F)c(C(=O)O)nn2S(N)(=O)=O)cc1. The van der Waals surface area contributed by atoms with Crippen molar-refractivity contribution in [3.8, 4) is 5.75 Å². The van der Waals surface area contributed by atoms with Crippen LogP contribution in [-0.2, 0) is 16.6 Å². The summed E-state index contributed by atoms with van der Waals surface area (Å²) in [6.07, 6.45) is -0.202. The largest absolute Gasteiger partial charge is 0.497 e. The lowest BCUT2D eigenvalue weighted by Gasteiger charge is -2.06. The zero-order valence-corrected chi connectivity index (χ0v) is 12.2. The second-order valence-corrected chi connectivity index (χ2v) is 5.70. The molecule has 1 heterocycles. The smallest absolute Gasteiger partial charge is 0.359 e. The molecule has 0 atom stereocenters. The van der Waals surface area contributed by atoms with Crippen LogP contribution in [0.3, 0.4) is 0 Å². The Hall–Kier alpha value is -2.46. The fourth-order valence-corrected chi connectivity index (χ4v) is 2.49. The minimum atomic E-state index is -4.42. The van der Waals surface area contributed by atoms with Gasteiger partial charge in [-0.1, -0.05) is 12.1 Å². The molecule has 1 aromatic heterocycles. The molecule has 0 spiro atoms. The number of nitrogens with two attached hydrogens (primary N) is 1. The van der Waals surface area contributed by atoms with Crippen LogP contribution in [0.1, 0.15) is 21.7 Å². The summed E-state index contributed by atoms with van der Waals surface area (Å²) in [4.78, 5) is 10.9. The van der Waals surface area contributed by atoms with Crippen LogP contribution in [0.15, 0.2) is 24.3 Å². The maximum atomic E-state index is 14.1. The van der Waals surface area contributed by atoms with Crippen molar-refractivity contribution in [1.82, 2.24) is 9.19 Å². The van der Waals surface area contributed by atoms with Crippen molar-refractivity contribution in [2.45, 2.75) is 6.42 Å². The quantitative estimate of drug-likeness (QED) is 0.816. The third-order valence-corrected chi connectivity index (χ3v) is 3.64. The van der Waals surface area contributed by atoms with Gasteiger partial charge in [0.1, 0.15) is 5.75 Å². The number of halogens is 1. The lowest BCUT2D eigenvalue weighted by atomic mass is 10.1. The molecular weight excluding hydrogens is 317 g/mol. The molecule has 118 valence electrons. The predicted molar refractivity (Wildman–Crippen MR) is 73.4 cm³/mol. The minimum absolute atomic E-state index is 0.190. The number of aromatic carboxylic acids is 1. The molecule has 8 nitrogen and oxygen atoms in total. The molecule has 0 radical (unpaired) electrons. The molecule has 3 N–H and O–H groups in total. The molecule has 0 aliphatic heterocycles. The molecule has 0 saturated heterocycles. The van der Waals surface area contributed by atoms with E-state index in [1.165, 1.54) is 7.11 Å². The van der Waals surface area contributed by atoms with Crippen molar-refractivity contribution >= 4 is 16.2 Å². The zero-order valence-electron chi connectivity index (χ0n) is 11.4. The molecule has 2 aromatic rings. The standard InChI is InChI=1S/C12H12FN3O5S/c1-21-8-4-2-7(3-5-8)6-9-10(13)11(12(17)18)15-16(9)22(14,19)20/h2-5H,6H2,1H3,(H,17,18)(H2,14,19,20). The first-order valence-corrected chi connectivity index (χ1v) is 7.41. The highest BCUT2D eigenvalue weighted by atomic mass is 32.2. The van der Waals surface area contributed by atoms with Gasteiger partial charge >= 0.3 is 16.2 Å². The molecular formula is C12H12FN3O5S. The summed E-state index contributed by atoms with van der Waals surface area (Å²) in [5.74, 6) is -2.36. The van der Waals surface area contributed by atoms with E-state index in [9.17, 15) is 17.6 Å². The number of rotatable bonds is 5. The molecule has 0 aliphatic rings. The second-order valence-electron chi connectivity index (χ2n) is 4.33. The summed E-state index contributed by atoms with van der Waals surface area (Å²) in [5, 5.41) is 17.0. The minimum Gasteiger partial charge on any atom is -0.497 e. The molecule has 10 heteroatoms. The first-order valence-electron chi connectivity index (χ1n) is 5.91. The summed E-state index contributed by atoms with van der Waals surface area (Å²) in [6.45, 7) is 0. The Kier molecular flexibility index (Phi) is 4.15. The molecule has 0 aliphatic carbocycles. The Balaban J connectivity index is 2.50. The van der Waals surface area contributed by atoms with Crippen molar-refractivity contribution in [3.63, 3.8) is 0 Å². The number of carboxylic acids is 1. The number of hydrogen-bond donors (Lipinski definition) is 2.